The highest BCUT2D eigenvalue weighted by atomic mass is 16.5. The SMILES string of the molecule is CCOc1ccc2ccccc2c1C=Nn1c(-c2cc3ccccc3o2)nc2ccccc2c1=O. The molecule has 2 heterocycles. The summed E-state index contributed by atoms with van der Waals surface area (Å²) < 4.78 is 13.2. The van der Waals surface area contributed by atoms with Crippen LogP contribution in [0.2, 0.25) is 0 Å². The minimum atomic E-state index is -0.277. The third-order valence-corrected chi connectivity index (χ3v) is 5.93. The zero-order chi connectivity index (χ0) is 23.8. The summed E-state index contributed by atoms with van der Waals surface area (Å²) in [6, 6.07) is 28.8. The number of furan rings is 1. The van der Waals surface area contributed by atoms with E-state index in [0.717, 1.165) is 21.7 Å². The Morgan fingerprint density at radius 2 is 1.66 bits per heavy atom. The Bertz CT molecular complexity index is 1760. The average Bonchev–Trinajstić information content (AvgIpc) is 3.33. The molecule has 6 rings (SSSR count). The molecule has 0 aliphatic heterocycles. The van der Waals surface area contributed by atoms with Gasteiger partial charge in [0.1, 0.15) is 11.3 Å². The molecule has 4 aromatic carbocycles. The molecule has 6 nitrogen and oxygen atoms in total. The molecule has 0 spiro atoms. The summed E-state index contributed by atoms with van der Waals surface area (Å²) in [6.07, 6.45) is 1.66. The lowest BCUT2D eigenvalue weighted by Crippen LogP contribution is -2.20. The number of hydrogen-bond acceptors (Lipinski definition) is 5. The van der Waals surface area contributed by atoms with Crippen molar-refractivity contribution in [3.63, 3.8) is 0 Å². The van der Waals surface area contributed by atoms with E-state index in [1.807, 2.05) is 91.9 Å². The Labute approximate surface area is 200 Å². The summed E-state index contributed by atoms with van der Waals surface area (Å²) >= 11 is 0. The van der Waals surface area contributed by atoms with E-state index in [9.17, 15) is 4.79 Å². The van der Waals surface area contributed by atoms with Gasteiger partial charge in [-0.2, -0.15) is 9.78 Å². The van der Waals surface area contributed by atoms with Gasteiger partial charge in [0.05, 0.1) is 23.7 Å². The molecule has 0 saturated heterocycles. The second-order valence-corrected chi connectivity index (χ2v) is 8.09. The standard InChI is InChI=1S/C29H21N3O3/c1-2-34-26-16-15-19-9-3-5-11-21(19)23(26)18-30-32-28(27-17-20-10-4-8-14-25(20)35-27)31-24-13-7-6-12-22(24)29(32)33/h3-18H,2H2,1H3. The van der Waals surface area contributed by atoms with E-state index in [-0.39, 0.29) is 5.56 Å². The molecule has 0 unspecified atom stereocenters. The molecule has 6 heteroatoms. The first-order chi connectivity index (χ1) is 17.2. The maximum atomic E-state index is 13.6. The zero-order valence-corrected chi connectivity index (χ0v) is 19.0. The topological polar surface area (TPSA) is 69.6 Å². The van der Waals surface area contributed by atoms with Crippen LogP contribution in [0.25, 0.3) is 44.2 Å². The lowest BCUT2D eigenvalue weighted by Gasteiger charge is -2.11. The van der Waals surface area contributed by atoms with E-state index in [4.69, 9.17) is 14.1 Å². The first-order valence-corrected chi connectivity index (χ1v) is 11.4. The van der Waals surface area contributed by atoms with Gasteiger partial charge < -0.3 is 9.15 Å². The van der Waals surface area contributed by atoms with Crippen LogP contribution in [-0.4, -0.2) is 22.5 Å². The third-order valence-electron chi connectivity index (χ3n) is 5.93. The summed E-state index contributed by atoms with van der Waals surface area (Å²) in [5, 5.41) is 8.08. The third kappa shape index (κ3) is 3.65. The van der Waals surface area contributed by atoms with Gasteiger partial charge in [-0.3, -0.25) is 4.79 Å². The first-order valence-electron chi connectivity index (χ1n) is 11.4. The molecule has 6 aromatic rings. The van der Waals surface area contributed by atoms with Crippen molar-refractivity contribution in [2.45, 2.75) is 6.92 Å². The Hall–Kier alpha value is -4.71. The van der Waals surface area contributed by atoms with Crippen molar-refractivity contribution >= 4 is 38.9 Å². The summed E-state index contributed by atoms with van der Waals surface area (Å²) in [4.78, 5) is 18.3. The van der Waals surface area contributed by atoms with Crippen LogP contribution in [0.3, 0.4) is 0 Å². The molecule has 0 bridgehead atoms. The second-order valence-electron chi connectivity index (χ2n) is 8.09. The second kappa shape index (κ2) is 8.57. The average molecular weight is 460 g/mol. The Morgan fingerprint density at radius 3 is 2.49 bits per heavy atom. The van der Waals surface area contributed by atoms with E-state index in [2.05, 4.69) is 5.10 Å². The van der Waals surface area contributed by atoms with Crippen LogP contribution >= 0.6 is 0 Å². The van der Waals surface area contributed by atoms with Gasteiger partial charge in [0.15, 0.2) is 5.76 Å². The largest absolute Gasteiger partial charge is 0.493 e. The van der Waals surface area contributed by atoms with Crippen molar-refractivity contribution in [3.05, 3.63) is 107 Å². The number of ether oxygens (including phenoxy) is 1. The summed E-state index contributed by atoms with van der Waals surface area (Å²) in [6.45, 7) is 2.45. The molecule has 0 aliphatic carbocycles. The van der Waals surface area contributed by atoms with Crippen LogP contribution in [-0.2, 0) is 0 Å². The number of rotatable bonds is 5. The van der Waals surface area contributed by atoms with Crippen LogP contribution < -0.4 is 10.3 Å². The number of aromatic nitrogens is 2. The van der Waals surface area contributed by atoms with E-state index in [0.29, 0.717) is 40.4 Å². The number of fused-ring (bicyclic) bond motifs is 3. The summed E-state index contributed by atoms with van der Waals surface area (Å²) in [5.41, 5.74) is 1.81. The highest BCUT2D eigenvalue weighted by Gasteiger charge is 2.17. The van der Waals surface area contributed by atoms with Crippen LogP contribution in [0, 0.1) is 0 Å². The maximum absolute atomic E-state index is 13.6. The molecule has 0 atom stereocenters. The predicted octanol–water partition coefficient (Wildman–Crippen LogP) is 6.24. The van der Waals surface area contributed by atoms with Gasteiger partial charge in [0, 0.05) is 10.9 Å². The van der Waals surface area contributed by atoms with Crippen molar-refractivity contribution in [2.24, 2.45) is 5.10 Å². The highest BCUT2D eigenvalue weighted by Crippen LogP contribution is 2.29. The molecular formula is C29H21N3O3. The lowest BCUT2D eigenvalue weighted by atomic mass is 10.0. The molecule has 170 valence electrons. The number of para-hydroxylation sites is 2. The number of nitrogens with zero attached hydrogens (tertiary/aromatic N) is 3. The zero-order valence-electron chi connectivity index (χ0n) is 19.0. The molecule has 35 heavy (non-hydrogen) atoms. The predicted molar refractivity (Wildman–Crippen MR) is 139 cm³/mol. The monoisotopic (exact) mass is 459 g/mol. The van der Waals surface area contributed by atoms with Crippen LogP contribution in [0.1, 0.15) is 12.5 Å². The van der Waals surface area contributed by atoms with Gasteiger partial charge in [-0.15, -0.1) is 0 Å². The molecule has 2 aromatic heterocycles. The van der Waals surface area contributed by atoms with Gasteiger partial charge >= 0.3 is 0 Å². The molecule has 0 saturated carbocycles. The fraction of sp³-hybridized carbons (Fsp3) is 0.0690. The van der Waals surface area contributed by atoms with Crippen molar-refractivity contribution in [1.82, 2.24) is 9.66 Å². The van der Waals surface area contributed by atoms with Gasteiger partial charge in [0.25, 0.3) is 5.56 Å². The van der Waals surface area contributed by atoms with E-state index < -0.39 is 0 Å². The molecule has 0 N–H and O–H groups in total. The summed E-state index contributed by atoms with van der Waals surface area (Å²) in [7, 11) is 0. The molecule has 0 radical (unpaired) electrons. The molecule has 0 aliphatic rings. The normalized spacial score (nSPS) is 11.7. The van der Waals surface area contributed by atoms with Gasteiger partial charge in [-0.05, 0) is 48.0 Å². The highest BCUT2D eigenvalue weighted by molar-refractivity contribution is 6.02. The summed E-state index contributed by atoms with van der Waals surface area (Å²) in [5.74, 6) is 1.50. The first kappa shape index (κ1) is 20.9. The Kier molecular flexibility index (Phi) is 5.11. The maximum Gasteiger partial charge on any atom is 0.282 e. The smallest absolute Gasteiger partial charge is 0.282 e. The van der Waals surface area contributed by atoms with Crippen LogP contribution in [0.15, 0.2) is 105 Å². The fourth-order valence-corrected chi connectivity index (χ4v) is 4.29. The lowest BCUT2D eigenvalue weighted by molar-refractivity contribution is 0.340. The fourth-order valence-electron chi connectivity index (χ4n) is 4.29. The molecule has 0 amide bonds. The number of benzene rings is 4. The van der Waals surface area contributed by atoms with Gasteiger partial charge in [-0.25, -0.2) is 4.98 Å². The van der Waals surface area contributed by atoms with E-state index >= 15 is 0 Å². The van der Waals surface area contributed by atoms with Crippen molar-refractivity contribution < 1.29 is 9.15 Å². The minimum Gasteiger partial charge on any atom is -0.493 e. The van der Waals surface area contributed by atoms with Crippen molar-refractivity contribution in [3.8, 4) is 17.3 Å². The Balaban J connectivity index is 1.60. The molecule has 0 fully saturated rings. The quantitative estimate of drug-likeness (QED) is 0.286. The Morgan fingerprint density at radius 1 is 0.914 bits per heavy atom. The van der Waals surface area contributed by atoms with Crippen molar-refractivity contribution in [2.75, 3.05) is 6.61 Å². The number of hydrogen-bond donors (Lipinski definition) is 0. The van der Waals surface area contributed by atoms with E-state index in [1.165, 1.54) is 4.68 Å². The van der Waals surface area contributed by atoms with E-state index in [1.54, 1.807) is 12.3 Å². The van der Waals surface area contributed by atoms with Crippen LogP contribution in [0.5, 0.6) is 5.75 Å². The van der Waals surface area contributed by atoms with Gasteiger partial charge in [-0.1, -0.05) is 60.7 Å². The van der Waals surface area contributed by atoms with Crippen molar-refractivity contribution in [1.29, 1.82) is 0 Å². The van der Waals surface area contributed by atoms with Crippen LogP contribution in [0.4, 0.5) is 0 Å². The van der Waals surface area contributed by atoms with Gasteiger partial charge in [0.2, 0.25) is 5.82 Å². The molecular weight excluding hydrogens is 438 g/mol. The minimum absolute atomic E-state index is 0.277.